The number of carboxylic acid groups (broad SMARTS) is 1. The van der Waals surface area contributed by atoms with E-state index in [4.69, 9.17) is 9.57 Å². The van der Waals surface area contributed by atoms with Crippen LogP contribution in [0.5, 0.6) is 0 Å². The van der Waals surface area contributed by atoms with E-state index in [1.54, 1.807) is 0 Å². The van der Waals surface area contributed by atoms with Gasteiger partial charge in [0.05, 0.1) is 0 Å². The first kappa shape index (κ1) is 33.0. The summed E-state index contributed by atoms with van der Waals surface area (Å²) in [6.45, 7) is -0.601. The number of aromatic nitrogens is 1. The van der Waals surface area contributed by atoms with Crippen LogP contribution in [0.25, 0.3) is 0 Å². The molecule has 0 aliphatic carbocycles. The van der Waals surface area contributed by atoms with Crippen LogP contribution in [0, 0.1) is 5.41 Å². The van der Waals surface area contributed by atoms with Gasteiger partial charge in [0.2, 0.25) is 18.9 Å². The van der Waals surface area contributed by atoms with Crippen molar-refractivity contribution in [2.75, 3.05) is 36.2 Å². The smallest absolute Gasteiger partial charge is 0.347 e. The molecular formula is C30H29N5O8S3. The van der Waals surface area contributed by atoms with Crippen molar-refractivity contribution in [1.82, 2.24) is 15.2 Å². The number of aliphatic carboxylic acids is 1. The third kappa shape index (κ3) is 7.18. The largest absolute Gasteiger partial charge is 0.481 e. The number of carbonyl (C=O) groups excluding carboxylic acids is 4. The highest BCUT2D eigenvalue weighted by atomic mass is 32.2. The van der Waals surface area contributed by atoms with E-state index in [2.05, 4.69) is 20.8 Å². The molecule has 2 aromatic carbocycles. The standard InChI is InChI=1S/C30H29N5O8S3/c1-44-15-30(28(40)41)14-35-26(39)23(27(35)46-16-30)33-25(38)22(20-13-45-29(32-20)31-17-36)34-42-12-21(37)43-24(18-8-4-2-5-9-18)19-10-6-3-7-11-19/h2-11,13,17,23-24,27H,12,14-16H2,1H3,(H,33,38)(H,40,41)(H,31,32,36)/t23?,27-,30?/m1/s1. The lowest BCUT2D eigenvalue weighted by molar-refractivity contribution is -0.157. The summed E-state index contributed by atoms with van der Waals surface area (Å²) in [6, 6.07) is 17.4. The van der Waals surface area contributed by atoms with Crippen LogP contribution in [0.3, 0.4) is 0 Å². The number of carboxylic acids is 1. The van der Waals surface area contributed by atoms with Gasteiger partial charge < -0.3 is 30.2 Å². The molecule has 2 aliphatic heterocycles. The molecule has 0 bridgehead atoms. The van der Waals surface area contributed by atoms with E-state index in [0.29, 0.717) is 12.2 Å². The number of nitrogens with zero attached hydrogens (tertiary/aromatic N) is 3. The predicted molar refractivity (Wildman–Crippen MR) is 173 cm³/mol. The fourth-order valence-electron chi connectivity index (χ4n) is 4.99. The van der Waals surface area contributed by atoms with Crippen LogP contribution in [-0.2, 0) is 33.5 Å². The number of esters is 1. The van der Waals surface area contributed by atoms with Gasteiger partial charge in [-0.05, 0) is 17.4 Å². The van der Waals surface area contributed by atoms with Gasteiger partial charge in [-0.2, -0.15) is 11.8 Å². The summed E-state index contributed by atoms with van der Waals surface area (Å²) in [7, 11) is 0. The number of nitrogens with one attached hydrogen (secondary N) is 2. The Hall–Kier alpha value is -4.41. The lowest BCUT2D eigenvalue weighted by atomic mass is 9.89. The number of thiazole rings is 1. The quantitative estimate of drug-likeness (QED) is 0.0749. The minimum absolute atomic E-state index is 0.0384. The Morgan fingerprint density at radius 2 is 1.85 bits per heavy atom. The molecule has 1 aromatic heterocycles. The van der Waals surface area contributed by atoms with Gasteiger partial charge in [-0.15, -0.1) is 23.1 Å². The van der Waals surface area contributed by atoms with Gasteiger partial charge in [0.15, 0.2) is 16.9 Å². The minimum Gasteiger partial charge on any atom is -0.481 e. The van der Waals surface area contributed by atoms with E-state index in [9.17, 15) is 29.1 Å². The van der Waals surface area contributed by atoms with Crippen LogP contribution in [0.15, 0.2) is 71.2 Å². The molecular weight excluding hydrogens is 655 g/mol. The number of amides is 3. The number of β-lactam (4-membered cyclic amide) rings is 1. The third-order valence-electron chi connectivity index (χ3n) is 7.24. The van der Waals surface area contributed by atoms with Crippen molar-refractivity contribution >= 4 is 75.9 Å². The van der Waals surface area contributed by atoms with Crippen molar-refractivity contribution in [2.45, 2.75) is 17.5 Å². The Morgan fingerprint density at radius 3 is 2.46 bits per heavy atom. The maximum absolute atomic E-state index is 13.5. The minimum atomic E-state index is -1.08. The summed E-state index contributed by atoms with van der Waals surface area (Å²) in [5.41, 5.74) is 0.119. The SMILES string of the molecule is CSCC1(C(=O)O)CS[C@@H]2C(NC(=O)C(=NOCC(=O)OC(c3ccccc3)c3ccccc3)c3csc(NC=O)n3)C(=O)N2C1. The number of anilines is 1. The van der Waals surface area contributed by atoms with E-state index >= 15 is 0 Å². The summed E-state index contributed by atoms with van der Waals surface area (Å²) >= 11 is 3.71. The van der Waals surface area contributed by atoms with Gasteiger partial charge in [0, 0.05) is 23.4 Å². The van der Waals surface area contributed by atoms with Gasteiger partial charge in [0.25, 0.3) is 5.91 Å². The predicted octanol–water partition coefficient (Wildman–Crippen LogP) is 2.60. The number of rotatable bonds is 14. The van der Waals surface area contributed by atoms with E-state index in [-0.39, 0.29) is 28.8 Å². The van der Waals surface area contributed by atoms with E-state index in [1.165, 1.54) is 33.8 Å². The zero-order chi connectivity index (χ0) is 32.7. The first-order valence-corrected chi connectivity index (χ1v) is 17.2. The average molecular weight is 684 g/mol. The fraction of sp³-hybridized carbons (Fsp3) is 0.300. The molecule has 3 heterocycles. The topological polar surface area (TPSA) is 177 Å². The normalized spacial score (nSPS) is 20.7. The van der Waals surface area contributed by atoms with Gasteiger partial charge >= 0.3 is 11.9 Å². The third-order valence-corrected chi connectivity index (χ3v) is 10.4. The molecule has 240 valence electrons. The second-order valence-electron chi connectivity index (χ2n) is 10.3. The molecule has 46 heavy (non-hydrogen) atoms. The van der Waals surface area contributed by atoms with Crippen LogP contribution in [0.2, 0.25) is 0 Å². The molecule has 3 aromatic rings. The summed E-state index contributed by atoms with van der Waals surface area (Å²) in [5, 5.41) is 20.0. The molecule has 16 heteroatoms. The summed E-state index contributed by atoms with van der Waals surface area (Å²) in [6.07, 6.45) is 1.53. The van der Waals surface area contributed by atoms with Crippen LogP contribution in [0.1, 0.15) is 22.9 Å². The van der Waals surface area contributed by atoms with Gasteiger partial charge in [-0.25, -0.2) is 9.78 Å². The maximum atomic E-state index is 13.5. The first-order chi connectivity index (χ1) is 22.3. The van der Waals surface area contributed by atoms with Crippen molar-refractivity contribution in [3.8, 4) is 0 Å². The molecule has 0 saturated carbocycles. The van der Waals surface area contributed by atoms with Crippen molar-refractivity contribution in [3.05, 3.63) is 82.9 Å². The number of hydrogen-bond acceptors (Lipinski definition) is 12. The molecule has 13 nitrogen and oxygen atoms in total. The van der Waals surface area contributed by atoms with Gasteiger partial charge in [-0.1, -0.05) is 65.8 Å². The van der Waals surface area contributed by atoms with E-state index in [0.717, 1.165) is 22.5 Å². The first-order valence-electron chi connectivity index (χ1n) is 13.9. The molecule has 2 aliphatic rings. The van der Waals surface area contributed by atoms with Crippen LogP contribution in [-0.4, -0.2) is 93.2 Å². The highest BCUT2D eigenvalue weighted by Crippen LogP contribution is 2.43. The summed E-state index contributed by atoms with van der Waals surface area (Å²) in [4.78, 5) is 73.2. The van der Waals surface area contributed by atoms with Crippen molar-refractivity contribution in [2.24, 2.45) is 10.6 Å². The average Bonchev–Trinajstić information content (AvgIpc) is 3.53. The van der Waals surface area contributed by atoms with Crippen LogP contribution in [0.4, 0.5) is 5.13 Å². The van der Waals surface area contributed by atoms with Crippen molar-refractivity contribution in [3.63, 3.8) is 0 Å². The van der Waals surface area contributed by atoms with Crippen LogP contribution >= 0.6 is 34.9 Å². The number of oxime groups is 1. The number of benzene rings is 2. The number of ether oxygens (including phenoxy) is 1. The Kier molecular flexibility index (Phi) is 10.6. The van der Waals surface area contributed by atoms with E-state index in [1.807, 2.05) is 66.9 Å². The molecule has 3 atom stereocenters. The number of carbonyl (C=O) groups is 5. The molecule has 2 fully saturated rings. The number of thioether (sulfide) groups is 2. The lowest BCUT2D eigenvalue weighted by Gasteiger charge is -2.53. The zero-order valence-electron chi connectivity index (χ0n) is 24.4. The molecule has 3 amide bonds. The fourth-order valence-corrected chi connectivity index (χ4v) is 8.19. The Labute approximate surface area is 276 Å². The number of hydrogen-bond donors (Lipinski definition) is 3. The monoisotopic (exact) mass is 683 g/mol. The second kappa shape index (κ2) is 14.8. The van der Waals surface area contributed by atoms with Crippen LogP contribution < -0.4 is 10.6 Å². The highest BCUT2D eigenvalue weighted by Gasteiger charge is 2.57. The lowest BCUT2D eigenvalue weighted by Crippen LogP contribution is -2.74. The van der Waals surface area contributed by atoms with Gasteiger partial charge in [0.1, 0.15) is 22.5 Å². The molecule has 5 rings (SSSR count). The van der Waals surface area contributed by atoms with Crippen molar-refractivity contribution in [1.29, 1.82) is 0 Å². The molecule has 3 N–H and O–H groups in total. The summed E-state index contributed by atoms with van der Waals surface area (Å²) < 4.78 is 5.73. The Bertz CT molecular complexity index is 1580. The molecule has 2 saturated heterocycles. The second-order valence-corrected chi connectivity index (χ2v) is 13.2. The van der Waals surface area contributed by atoms with E-state index < -0.39 is 53.3 Å². The zero-order valence-corrected chi connectivity index (χ0v) is 26.8. The molecule has 0 spiro atoms. The summed E-state index contributed by atoms with van der Waals surface area (Å²) in [5.74, 6) is -2.33. The Balaban J connectivity index is 1.28. The number of fused-ring (bicyclic) bond motifs is 1. The Morgan fingerprint density at radius 1 is 1.17 bits per heavy atom. The van der Waals surface area contributed by atoms with Crippen molar-refractivity contribution < 1.29 is 38.7 Å². The highest BCUT2D eigenvalue weighted by molar-refractivity contribution is 8.00. The van der Waals surface area contributed by atoms with Gasteiger partial charge in [-0.3, -0.25) is 19.2 Å². The molecule has 0 radical (unpaired) electrons. The maximum Gasteiger partial charge on any atom is 0.347 e. The molecule has 2 unspecified atom stereocenters.